The van der Waals surface area contributed by atoms with E-state index in [4.69, 9.17) is 0 Å². The lowest BCUT2D eigenvalue weighted by Gasteiger charge is -2.24. The van der Waals surface area contributed by atoms with Gasteiger partial charge in [-0.2, -0.15) is 0 Å². The van der Waals surface area contributed by atoms with Gasteiger partial charge in [-0.15, -0.1) is 0 Å². The number of benzene rings is 2. The largest absolute Gasteiger partial charge is 0.477 e. The fourth-order valence-corrected chi connectivity index (χ4v) is 3.76. The van der Waals surface area contributed by atoms with Crippen LogP contribution in [0.4, 0.5) is 8.78 Å². The average molecular weight is 384 g/mol. The van der Waals surface area contributed by atoms with Crippen LogP contribution >= 0.6 is 0 Å². The van der Waals surface area contributed by atoms with Crippen molar-refractivity contribution in [2.45, 2.75) is 18.8 Å². The summed E-state index contributed by atoms with van der Waals surface area (Å²) >= 11 is 0. The van der Waals surface area contributed by atoms with E-state index in [2.05, 4.69) is 5.32 Å². The van der Waals surface area contributed by atoms with Gasteiger partial charge in [0.25, 0.3) is 0 Å². The number of fused-ring (bicyclic) bond motifs is 1. The van der Waals surface area contributed by atoms with Gasteiger partial charge >= 0.3 is 5.97 Å². The zero-order valence-electron chi connectivity index (χ0n) is 14.9. The summed E-state index contributed by atoms with van der Waals surface area (Å²) in [6.07, 6.45) is 2.95. The highest BCUT2D eigenvalue weighted by atomic mass is 19.1. The Labute approximate surface area is 159 Å². The van der Waals surface area contributed by atoms with Crippen LogP contribution in [0.25, 0.3) is 16.6 Å². The van der Waals surface area contributed by atoms with Crippen LogP contribution in [0.1, 0.15) is 34.7 Å². The summed E-state index contributed by atoms with van der Waals surface area (Å²) in [5.41, 5.74) is 0.145. The van der Waals surface area contributed by atoms with Crippen molar-refractivity contribution in [3.05, 3.63) is 75.6 Å². The molecule has 1 aromatic heterocycles. The highest BCUT2D eigenvalue weighted by molar-refractivity contribution is 5.93. The van der Waals surface area contributed by atoms with Crippen molar-refractivity contribution >= 4 is 16.9 Å². The first-order chi connectivity index (χ1) is 13.5. The van der Waals surface area contributed by atoms with Crippen molar-refractivity contribution in [3.8, 4) is 5.69 Å². The lowest BCUT2D eigenvalue weighted by atomic mass is 9.90. The highest BCUT2D eigenvalue weighted by Gasteiger charge is 2.22. The standard InChI is InChI=1S/C21H18F2N2O3/c22-13-3-5-14(6-4-13)25-11-17(21(27)28)20(26)16-8-18(23)15(9-19(16)25)12-2-1-7-24-10-12/h3-6,8-9,11-12,24H,1-2,7,10H2,(H,27,28). The summed E-state index contributed by atoms with van der Waals surface area (Å²) < 4.78 is 29.7. The fraction of sp³-hybridized carbons (Fsp3) is 0.238. The summed E-state index contributed by atoms with van der Waals surface area (Å²) in [5, 5.41) is 12.6. The second kappa shape index (κ2) is 7.16. The van der Waals surface area contributed by atoms with E-state index in [1.54, 1.807) is 6.07 Å². The van der Waals surface area contributed by atoms with Crippen molar-refractivity contribution < 1.29 is 18.7 Å². The van der Waals surface area contributed by atoms with E-state index in [1.165, 1.54) is 35.0 Å². The molecule has 0 amide bonds. The van der Waals surface area contributed by atoms with Crippen molar-refractivity contribution in [1.29, 1.82) is 0 Å². The molecule has 28 heavy (non-hydrogen) atoms. The molecule has 144 valence electrons. The second-order valence-electron chi connectivity index (χ2n) is 6.96. The number of aromatic nitrogens is 1. The van der Waals surface area contributed by atoms with Gasteiger partial charge in [0.15, 0.2) is 0 Å². The predicted octanol–water partition coefficient (Wildman–Crippen LogP) is 3.43. The van der Waals surface area contributed by atoms with Crippen LogP contribution in [-0.4, -0.2) is 28.7 Å². The molecule has 0 spiro atoms. The number of carboxylic acids is 1. The molecule has 7 heteroatoms. The third kappa shape index (κ3) is 3.18. The molecule has 2 N–H and O–H groups in total. The Bertz CT molecular complexity index is 1120. The maximum Gasteiger partial charge on any atom is 0.341 e. The minimum absolute atomic E-state index is 0.0192. The minimum atomic E-state index is -1.40. The molecule has 1 aliphatic heterocycles. The van der Waals surface area contributed by atoms with E-state index in [0.717, 1.165) is 25.5 Å². The Morgan fingerprint density at radius 1 is 1.18 bits per heavy atom. The molecule has 1 aliphatic rings. The number of nitrogens with one attached hydrogen (secondary N) is 1. The Kier molecular flexibility index (Phi) is 4.68. The highest BCUT2D eigenvalue weighted by Crippen LogP contribution is 2.29. The van der Waals surface area contributed by atoms with Crippen LogP contribution in [0.5, 0.6) is 0 Å². The molecule has 0 saturated carbocycles. The van der Waals surface area contributed by atoms with Crippen LogP contribution in [0, 0.1) is 11.6 Å². The van der Waals surface area contributed by atoms with Gasteiger partial charge in [0, 0.05) is 23.8 Å². The Balaban J connectivity index is 2.01. The van der Waals surface area contributed by atoms with Crippen LogP contribution < -0.4 is 10.7 Å². The average Bonchev–Trinajstić information content (AvgIpc) is 2.69. The van der Waals surface area contributed by atoms with Gasteiger partial charge < -0.3 is 15.0 Å². The number of aromatic carboxylic acids is 1. The Morgan fingerprint density at radius 3 is 2.57 bits per heavy atom. The van der Waals surface area contributed by atoms with Crippen LogP contribution in [0.3, 0.4) is 0 Å². The zero-order valence-corrected chi connectivity index (χ0v) is 14.9. The molecule has 1 saturated heterocycles. The number of hydrogen-bond acceptors (Lipinski definition) is 3. The molecule has 0 aliphatic carbocycles. The fourth-order valence-electron chi connectivity index (χ4n) is 3.76. The maximum atomic E-state index is 14.8. The number of nitrogens with zero attached hydrogens (tertiary/aromatic N) is 1. The summed E-state index contributed by atoms with van der Waals surface area (Å²) in [5.74, 6) is -2.39. The van der Waals surface area contributed by atoms with Gasteiger partial charge in [-0.25, -0.2) is 13.6 Å². The first-order valence-electron chi connectivity index (χ1n) is 9.04. The van der Waals surface area contributed by atoms with Gasteiger partial charge in [0.05, 0.1) is 5.52 Å². The zero-order chi connectivity index (χ0) is 19.8. The van der Waals surface area contributed by atoms with Crippen LogP contribution in [-0.2, 0) is 0 Å². The van der Waals surface area contributed by atoms with Gasteiger partial charge in [-0.1, -0.05) is 0 Å². The van der Waals surface area contributed by atoms with Crippen LogP contribution in [0.15, 0.2) is 47.4 Å². The smallest absolute Gasteiger partial charge is 0.341 e. The van der Waals surface area contributed by atoms with Crippen LogP contribution in [0.2, 0.25) is 0 Å². The van der Waals surface area contributed by atoms with Gasteiger partial charge in [0.2, 0.25) is 5.43 Å². The van der Waals surface area contributed by atoms with E-state index in [9.17, 15) is 23.5 Å². The predicted molar refractivity (Wildman–Crippen MR) is 101 cm³/mol. The Hall–Kier alpha value is -3.06. The first-order valence-corrected chi connectivity index (χ1v) is 9.04. The Morgan fingerprint density at radius 2 is 1.93 bits per heavy atom. The molecule has 0 radical (unpaired) electrons. The molecule has 2 aromatic carbocycles. The monoisotopic (exact) mass is 384 g/mol. The second-order valence-corrected chi connectivity index (χ2v) is 6.96. The molecular weight excluding hydrogens is 366 g/mol. The van der Waals surface area contributed by atoms with Crippen molar-refractivity contribution in [2.24, 2.45) is 0 Å². The summed E-state index contributed by atoms with van der Waals surface area (Å²) in [4.78, 5) is 24.1. The lowest BCUT2D eigenvalue weighted by molar-refractivity contribution is 0.0695. The number of hydrogen-bond donors (Lipinski definition) is 2. The van der Waals surface area contributed by atoms with E-state index in [0.29, 0.717) is 23.3 Å². The summed E-state index contributed by atoms with van der Waals surface area (Å²) in [6, 6.07) is 8.18. The van der Waals surface area contributed by atoms with Gasteiger partial charge in [-0.05, 0) is 67.3 Å². The van der Waals surface area contributed by atoms with E-state index in [-0.39, 0.29) is 11.3 Å². The molecule has 1 fully saturated rings. The van der Waals surface area contributed by atoms with Crippen molar-refractivity contribution in [2.75, 3.05) is 13.1 Å². The molecule has 0 bridgehead atoms. The molecular formula is C21H18F2N2O3. The molecule has 2 heterocycles. The van der Waals surface area contributed by atoms with Crippen molar-refractivity contribution in [3.63, 3.8) is 0 Å². The number of rotatable bonds is 3. The normalized spacial score (nSPS) is 17.0. The van der Waals surface area contributed by atoms with E-state index >= 15 is 0 Å². The van der Waals surface area contributed by atoms with E-state index < -0.39 is 28.6 Å². The SMILES string of the molecule is O=C(O)c1cn(-c2ccc(F)cc2)c2cc(C3CCCNC3)c(F)cc2c1=O. The minimum Gasteiger partial charge on any atom is -0.477 e. The molecule has 4 rings (SSSR count). The molecule has 3 aromatic rings. The third-order valence-corrected chi connectivity index (χ3v) is 5.19. The quantitative estimate of drug-likeness (QED) is 0.726. The van der Waals surface area contributed by atoms with Crippen molar-refractivity contribution in [1.82, 2.24) is 9.88 Å². The topological polar surface area (TPSA) is 71.3 Å². The first kappa shape index (κ1) is 18.3. The summed E-state index contributed by atoms with van der Waals surface area (Å²) in [7, 11) is 0. The molecule has 5 nitrogen and oxygen atoms in total. The molecule has 1 atom stereocenters. The lowest BCUT2D eigenvalue weighted by Crippen LogP contribution is -2.29. The number of piperidine rings is 1. The number of carbonyl (C=O) groups is 1. The number of carboxylic acid groups (broad SMARTS) is 1. The number of pyridine rings is 1. The van der Waals surface area contributed by atoms with E-state index in [1.807, 2.05) is 0 Å². The number of halogens is 2. The third-order valence-electron chi connectivity index (χ3n) is 5.19. The van der Waals surface area contributed by atoms with Gasteiger partial charge in [-0.3, -0.25) is 4.79 Å². The van der Waals surface area contributed by atoms with Gasteiger partial charge in [0.1, 0.15) is 17.2 Å². The summed E-state index contributed by atoms with van der Waals surface area (Å²) in [6.45, 7) is 1.52. The maximum absolute atomic E-state index is 14.8. The molecule has 1 unspecified atom stereocenters.